The lowest BCUT2D eigenvalue weighted by molar-refractivity contribution is -0.160. The molecular formula is C8H14N2O3. The fourth-order valence-corrected chi connectivity index (χ4v) is 1.78. The second-order valence-corrected chi connectivity index (χ2v) is 3.61. The van der Waals surface area contributed by atoms with Crippen LogP contribution in [0, 0.1) is 0 Å². The van der Waals surface area contributed by atoms with Crippen LogP contribution in [-0.2, 0) is 9.63 Å². The molecule has 0 bridgehead atoms. The number of likely N-dealkylation sites (tertiary alicyclic amines) is 1. The van der Waals surface area contributed by atoms with Crippen molar-refractivity contribution >= 4 is 5.91 Å². The average Bonchev–Trinajstić information content (AvgIpc) is 2.62. The van der Waals surface area contributed by atoms with E-state index in [4.69, 9.17) is 4.84 Å². The van der Waals surface area contributed by atoms with E-state index in [-0.39, 0.29) is 11.9 Å². The maximum Gasteiger partial charge on any atom is 0.242 e. The molecule has 2 atom stereocenters. The third-order valence-corrected chi connectivity index (χ3v) is 2.57. The molecule has 13 heavy (non-hydrogen) atoms. The normalized spacial score (nSPS) is 36.2. The van der Waals surface area contributed by atoms with Crippen molar-refractivity contribution in [1.29, 1.82) is 0 Å². The Hall–Kier alpha value is -0.650. The molecule has 0 spiro atoms. The van der Waals surface area contributed by atoms with Crippen molar-refractivity contribution in [3.63, 3.8) is 0 Å². The van der Waals surface area contributed by atoms with Gasteiger partial charge in [0, 0.05) is 13.6 Å². The summed E-state index contributed by atoms with van der Waals surface area (Å²) in [6.07, 6.45) is 0.348. The molecule has 0 radical (unpaired) electrons. The summed E-state index contributed by atoms with van der Waals surface area (Å²) in [6.45, 7) is 1.54. The average molecular weight is 186 g/mol. The first-order valence-electron chi connectivity index (χ1n) is 4.51. The van der Waals surface area contributed by atoms with Gasteiger partial charge in [0.15, 0.2) is 0 Å². The van der Waals surface area contributed by atoms with Gasteiger partial charge in [-0.15, -0.1) is 0 Å². The van der Waals surface area contributed by atoms with Gasteiger partial charge in [-0.2, -0.15) is 5.06 Å². The molecule has 74 valence electrons. The van der Waals surface area contributed by atoms with Gasteiger partial charge in [-0.25, -0.2) is 0 Å². The molecule has 2 aliphatic rings. The SMILES string of the molecule is CN1CCC(N2C[C@H](O)CO2)C1=O. The molecule has 5 nitrogen and oxygen atoms in total. The number of carbonyl (C=O) groups is 1. The molecule has 2 fully saturated rings. The van der Waals surface area contributed by atoms with Crippen LogP contribution in [0.1, 0.15) is 6.42 Å². The van der Waals surface area contributed by atoms with E-state index in [9.17, 15) is 9.90 Å². The molecule has 0 aromatic carbocycles. The first-order valence-corrected chi connectivity index (χ1v) is 4.51. The zero-order chi connectivity index (χ0) is 9.42. The van der Waals surface area contributed by atoms with Crippen molar-refractivity contribution < 1.29 is 14.7 Å². The molecular weight excluding hydrogens is 172 g/mol. The van der Waals surface area contributed by atoms with Gasteiger partial charge < -0.3 is 10.0 Å². The Kier molecular flexibility index (Phi) is 2.23. The Bertz CT molecular complexity index is 221. The van der Waals surface area contributed by atoms with Crippen molar-refractivity contribution in [3.8, 4) is 0 Å². The molecule has 0 aromatic heterocycles. The number of carbonyl (C=O) groups excluding carboxylic acids is 1. The number of amides is 1. The van der Waals surface area contributed by atoms with Crippen molar-refractivity contribution in [2.45, 2.75) is 18.6 Å². The number of aliphatic hydroxyl groups excluding tert-OH is 1. The summed E-state index contributed by atoms with van der Waals surface area (Å²) >= 11 is 0. The minimum atomic E-state index is -0.446. The Morgan fingerprint density at radius 2 is 2.38 bits per heavy atom. The van der Waals surface area contributed by atoms with Crippen molar-refractivity contribution in [1.82, 2.24) is 9.96 Å². The highest BCUT2D eigenvalue weighted by Crippen LogP contribution is 2.19. The molecule has 2 heterocycles. The summed E-state index contributed by atoms with van der Waals surface area (Å²) in [5.41, 5.74) is 0. The first-order chi connectivity index (χ1) is 6.18. The molecule has 2 aliphatic heterocycles. The highest BCUT2D eigenvalue weighted by molar-refractivity contribution is 5.83. The van der Waals surface area contributed by atoms with Crippen LogP contribution in [0.25, 0.3) is 0 Å². The smallest absolute Gasteiger partial charge is 0.242 e. The van der Waals surface area contributed by atoms with E-state index in [1.165, 1.54) is 0 Å². The summed E-state index contributed by atoms with van der Waals surface area (Å²) in [7, 11) is 1.79. The van der Waals surface area contributed by atoms with E-state index in [1.54, 1.807) is 17.0 Å². The number of nitrogens with zero attached hydrogens (tertiary/aromatic N) is 2. The highest BCUT2D eigenvalue weighted by atomic mass is 16.7. The molecule has 0 aliphatic carbocycles. The van der Waals surface area contributed by atoms with Crippen molar-refractivity contribution in [2.75, 3.05) is 26.7 Å². The van der Waals surface area contributed by atoms with E-state index in [1.807, 2.05) is 0 Å². The fourth-order valence-electron chi connectivity index (χ4n) is 1.78. The molecule has 1 amide bonds. The lowest BCUT2D eigenvalue weighted by Crippen LogP contribution is -2.39. The molecule has 0 saturated carbocycles. The number of β-amino-alcohol motifs (C(OH)–C–C–N with tert-alkyl or cyclic N) is 1. The van der Waals surface area contributed by atoms with Crippen molar-refractivity contribution in [3.05, 3.63) is 0 Å². The van der Waals surface area contributed by atoms with Crippen LogP contribution in [0.3, 0.4) is 0 Å². The molecule has 1 unspecified atom stereocenters. The largest absolute Gasteiger partial charge is 0.389 e. The van der Waals surface area contributed by atoms with E-state index in [2.05, 4.69) is 0 Å². The van der Waals surface area contributed by atoms with Crippen LogP contribution < -0.4 is 0 Å². The van der Waals surface area contributed by atoms with E-state index >= 15 is 0 Å². The van der Waals surface area contributed by atoms with E-state index in [0.29, 0.717) is 13.2 Å². The van der Waals surface area contributed by atoms with Gasteiger partial charge in [0.1, 0.15) is 6.04 Å². The van der Waals surface area contributed by atoms with Crippen LogP contribution in [0.2, 0.25) is 0 Å². The zero-order valence-electron chi connectivity index (χ0n) is 7.64. The fraction of sp³-hybridized carbons (Fsp3) is 0.875. The van der Waals surface area contributed by atoms with Gasteiger partial charge in [-0.1, -0.05) is 0 Å². The summed E-state index contributed by atoms with van der Waals surface area (Å²) in [6, 6.07) is -0.179. The van der Waals surface area contributed by atoms with Gasteiger partial charge in [-0.05, 0) is 6.42 Å². The molecule has 5 heteroatoms. The van der Waals surface area contributed by atoms with Gasteiger partial charge in [0.2, 0.25) is 5.91 Å². The number of hydrogen-bond acceptors (Lipinski definition) is 4. The summed E-state index contributed by atoms with van der Waals surface area (Å²) in [5.74, 6) is 0.0918. The predicted octanol–water partition coefficient (Wildman–Crippen LogP) is -1.17. The second kappa shape index (κ2) is 3.25. The molecule has 1 N–H and O–H groups in total. The third kappa shape index (κ3) is 1.54. The van der Waals surface area contributed by atoms with Gasteiger partial charge >= 0.3 is 0 Å². The van der Waals surface area contributed by atoms with Gasteiger partial charge in [-0.3, -0.25) is 9.63 Å². The first kappa shape index (κ1) is 8.93. The van der Waals surface area contributed by atoms with E-state index < -0.39 is 6.10 Å². The Labute approximate surface area is 76.8 Å². The van der Waals surface area contributed by atoms with Crippen LogP contribution in [-0.4, -0.2) is 59.9 Å². The number of likely N-dealkylation sites (N-methyl/N-ethyl adjacent to an activating group) is 1. The highest BCUT2D eigenvalue weighted by Gasteiger charge is 2.38. The zero-order valence-corrected chi connectivity index (χ0v) is 7.64. The molecule has 0 aromatic rings. The lowest BCUT2D eigenvalue weighted by atomic mass is 10.2. The summed E-state index contributed by atoms with van der Waals surface area (Å²) < 4.78 is 0. The molecule has 2 rings (SSSR count). The number of hydrogen-bond donors (Lipinski definition) is 1. The Morgan fingerprint density at radius 1 is 1.62 bits per heavy atom. The maximum atomic E-state index is 11.5. The third-order valence-electron chi connectivity index (χ3n) is 2.57. The van der Waals surface area contributed by atoms with Gasteiger partial charge in [0.05, 0.1) is 19.3 Å². The van der Waals surface area contributed by atoms with Crippen LogP contribution in [0.5, 0.6) is 0 Å². The minimum Gasteiger partial charge on any atom is -0.389 e. The minimum absolute atomic E-state index is 0.0918. The number of aliphatic hydroxyl groups is 1. The quantitative estimate of drug-likeness (QED) is 0.560. The lowest BCUT2D eigenvalue weighted by Gasteiger charge is -2.19. The second-order valence-electron chi connectivity index (χ2n) is 3.61. The topological polar surface area (TPSA) is 53.0 Å². The summed E-state index contributed by atoms with van der Waals surface area (Å²) in [4.78, 5) is 18.4. The van der Waals surface area contributed by atoms with E-state index in [0.717, 1.165) is 13.0 Å². The van der Waals surface area contributed by atoms with Crippen LogP contribution >= 0.6 is 0 Å². The number of rotatable bonds is 1. The Balaban J connectivity index is 1.98. The maximum absolute atomic E-state index is 11.5. The Morgan fingerprint density at radius 3 is 2.85 bits per heavy atom. The standard InChI is InChI=1S/C8H14N2O3/c1-9-3-2-7(8(9)12)10-4-6(11)5-13-10/h6-7,11H,2-5H2,1H3/t6-,7?/m0/s1. The predicted molar refractivity (Wildman–Crippen MR) is 44.7 cm³/mol. The summed E-state index contributed by atoms with van der Waals surface area (Å²) in [5, 5.41) is 10.8. The monoisotopic (exact) mass is 186 g/mol. The van der Waals surface area contributed by atoms with Crippen molar-refractivity contribution in [2.24, 2.45) is 0 Å². The molecule has 2 saturated heterocycles. The number of hydroxylamine groups is 2. The van der Waals surface area contributed by atoms with Crippen LogP contribution in [0.4, 0.5) is 0 Å². The van der Waals surface area contributed by atoms with Gasteiger partial charge in [0.25, 0.3) is 0 Å². The van der Waals surface area contributed by atoms with Crippen LogP contribution in [0.15, 0.2) is 0 Å².